The molecule has 1 saturated carbocycles. The topological polar surface area (TPSA) is 92.5 Å². The molecule has 0 unspecified atom stereocenters. The minimum absolute atomic E-state index is 0.0260. The van der Waals surface area contributed by atoms with Crippen LogP contribution in [0.3, 0.4) is 0 Å². The predicted octanol–water partition coefficient (Wildman–Crippen LogP) is 3.25. The van der Waals surface area contributed by atoms with Crippen LogP contribution in [0.15, 0.2) is 32.7 Å². The zero-order valence-electron chi connectivity index (χ0n) is 16.6. The van der Waals surface area contributed by atoms with Crippen molar-refractivity contribution in [2.24, 2.45) is 5.92 Å². The lowest BCUT2D eigenvalue weighted by molar-refractivity contribution is -0.121. The molecule has 9 heteroatoms. The fourth-order valence-electron chi connectivity index (χ4n) is 3.34. The van der Waals surface area contributed by atoms with Crippen molar-refractivity contribution >= 4 is 38.8 Å². The summed E-state index contributed by atoms with van der Waals surface area (Å²) < 4.78 is 31.4. The highest BCUT2D eigenvalue weighted by Crippen LogP contribution is 2.29. The summed E-state index contributed by atoms with van der Waals surface area (Å²) in [4.78, 5) is 17.1. The molecule has 1 heterocycles. The molecular formula is C19H27N3O4S2. The molecule has 1 aliphatic rings. The number of carbonyl (C=O) groups is 1. The Hall–Kier alpha value is -1.58. The van der Waals surface area contributed by atoms with E-state index in [1.807, 2.05) is 6.92 Å². The zero-order chi connectivity index (χ0) is 20.5. The molecule has 0 saturated heterocycles. The third-order valence-corrected chi connectivity index (χ3v) is 7.96. The first-order chi connectivity index (χ1) is 13.2. The summed E-state index contributed by atoms with van der Waals surface area (Å²) in [5.41, 5.74) is 0.952. The molecule has 0 aliphatic heterocycles. The van der Waals surface area contributed by atoms with E-state index in [0.29, 0.717) is 22.2 Å². The molecule has 1 fully saturated rings. The second-order valence-corrected chi connectivity index (χ2v) is 11.0. The Balaban J connectivity index is 1.70. The highest BCUT2D eigenvalue weighted by Gasteiger charge is 2.26. The van der Waals surface area contributed by atoms with Gasteiger partial charge in [0.2, 0.25) is 15.9 Å². The molecule has 1 aromatic heterocycles. The molecule has 1 aromatic carbocycles. The summed E-state index contributed by atoms with van der Waals surface area (Å²) in [5.74, 6) is 0.471. The lowest BCUT2D eigenvalue weighted by Crippen LogP contribution is -2.44. The van der Waals surface area contributed by atoms with E-state index in [0.717, 1.165) is 23.6 Å². The lowest BCUT2D eigenvalue weighted by Gasteiger charge is -2.30. The maximum absolute atomic E-state index is 12.6. The van der Waals surface area contributed by atoms with E-state index in [9.17, 15) is 13.2 Å². The van der Waals surface area contributed by atoms with Crippen LogP contribution in [0, 0.1) is 5.92 Å². The van der Waals surface area contributed by atoms with Gasteiger partial charge in [0.1, 0.15) is 5.52 Å². The van der Waals surface area contributed by atoms with Gasteiger partial charge in [-0.3, -0.25) is 4.79 Å². The fraction of sp³-hybridized carbons (Fsp3) is 0.579. The van der Waals surface area contributed by atoms with E-state index in [1.54, 1.807) is 6.07 Å². The SMILES string of the molecule is C[C@@H]1CCCC[C@@H]1NC(=O)[C@@H](C)Sc1nc2cc(S(=O)(=O)N(C)C)ccc2o1. The maximum atomic E-state index is 12.6. The standard InChI is InChI=1S/C19H27N3O4S2/c1-12-7-5-6-8-15(12)20-18(23)13(2)27-19-21-16-11-14(9-10-17(16)26-19)28(24,25)22(3)4/h9-13,15H,5-8H2,1-4H3,(H,20,23)/t12-,13-,15+/m1/s1. The normalized spacial score (nSPS) is 21.8. The van der Waals surface area contributed by atoms with Gasteiger partial charge in [0.15, 0.2) is 5.58 Å². The van der Waals surface area contributed by atoms with Gasteiger partial charge >= 0.3 is 0 Å². The second-order valence-electron chi connectivity index (χ2n) is 7.53. The van der Waals surface area contributed by atoms with E-state index in [-0.39, 0.29) is 22.1 Å². The van der Waals surface area contributed by atoms with Gasteiger partial charge in [-0.05, 0) is 43.9 Å². The van der Waals surface area contributed by atoms with Crippen LogP contribution in [0.25, 0.3) is 11.1 Å². The van der Waals surface area contributed by atoms with Crippen molar-refractivity contribution in [3.63, 3.8) is 0 Å². The quantitative estimate of drug-likeness (QED) is 0.714. The van der Waals surface area contributed by atoms with Gasteiger partial charge in [-0.15, -0.1) is 0 Å². The molecule has 28 heavy (non-hydrogen) atoms. The average molecular weight is 426 g/mol. The number of aromatic nitrogens is 1. The number of fused-ring (bicyclic) bond motifs is 1. The van der Waals surface area contributed by atoms with Crippen LogP contribution >= 0.6 is 11.8 Å². The van der Waals surface area contributed by atoms with Crippen molar-refractivity contribution in [3.8, 4) is 0 Å². The van der Waals surface area contributed by atoms with Crippen molar-refractivity contribution in [1.82, 2.24) is 14.6 Å². The Bertz CT molecular complexity index is 955. The highest BCUT2D eigenvalue weighted by molar-refractivity contribution is 8.00. The van der Waals surface area contributed by atoms with Gasteiger partial charge in [-0.1, -0.05) is 31.5 Å². The third kappa shape index (κ3) is 4.52. The summed E-state index contributed by atoms with van der Waals surface area (Å²) >= 11 is 1.24. The van der Waals surface area contributed by atoms with E-state index >= 15 is 0 Å². The smallest absolute Gasteiger partial charge is 0.257 e. The fourth-order valence-corrected chi connectivity index (χ4v) is 5.03. The van der Waals surface area contributed by atoms with E-state index in [1.165, 1.54) is 44.4 Å². The van der Waals surface area contributed by atoms with Gasteiger partial charge in [-0.2, -0.15) is 0 Å². The van der Waals surface area contributed by atoms with Crippen LogP contribution in [0.4, 0.5) is 0 Å². The van der Waals surface area contributed by atoms with E-state index < -0.39 is 10.0 Å². The van der Waals surface area contributed by atoms with Crippen LogP contribution in [-0.4, -0.2) is 49.0 Å². The number of carbonyl (C=O) groups excluding carboxylic acids is 1. The maximum Gasteiger partial charge on any atom is 0.257 e. The van der Waals surface area contributed by atoms with Crippen molar-refractivity contribution in [3.05, 3.63) is 18.2 Å². The van der Waals surface area contributed by atoms with Gasteiger partial charge in [0.05, 0.1) is 10.1 Å². The van der Waals surface area contributed by atoms with E-state index in [2.05, 4.69) is 17.2 Å². The zero-order valence-corrected chi connectivity index (χ0v) is 18.3. The van der Waals surface area contributed by atoms with Gasteiger partial charge in [0, 0.05) is 20.1 Å². The molecule has 2 aromatic rings. The van der Waals surface area contributed by atoms with Gasteiger partial charge in [-0.25, -0.2) is 17.7 Å². The number of rotatable bonds is 6. The van der Waals surface area contributed by atoms with E-state index in [4.69, 9.17) is 4.42 Å². The molecule has 3 rings (SSSR count). The summed E-state index contributed by atoms with van der Waals surface area (Å²) in [6, 6.07) is 4.81. The largest absolute Gasteiger partial charge is 0.431 e. The molecule has 154 valence electrons. The summed E-state index contributed by atoms with van der Waals surface area (Å²) in [6.45, 7) is 4.01. The molecule has 1 aliphatic carbocycles. The van der Waals surface area contributed by atoms with Crippen molar-refractivity contribution < 1.29 is 17.6 Å². The number of hydrogen-bond acceptors (Lipinski definition) is 6. The highest BCUT2D eigenvalue weighted by atomic mass is 32.2. The number of nitrogens with one attached hydrogen (secondary N) is 1. The first-order valence-corrected chi connectivity index (χ1v) is 11.8. The predicted molar refractivity (Wildman–Crippen MR) is 110 cm³/mol. The van der Waals surface area contributed by atoms with Crippen LogP contribution in [0.1, 0.15) is 39.5 Å². The third-order valence-electron chi connectivity index (χ3n) is 5.20. The Labute approximate surface area is 170 Å². The molecule has 1 N–H and O–H groups in total. The number of nitrogens with zero attached hydrogens (tertiary/aromatic N) is 2. The first-order valence-electron chi connectivity index (χ1n) is 9.48. The number of hydrogen-bond donors (Lipinski definition) is 1. The molecular weight excluding hydrogens is 398 g/mol. The number of oxazole rings is 1. The van der Waals surface area contributed by atoms with Crippen molar-refractivity contribution in [2.45, 2.75) is 60.9 Å². The van der Waals surface area contributed by atoms with Crippen LogP contribution in [0.2, 0.25) is 0 Å². The minimum atomic E-state index is -3.54. The number of sulfonamides is 1. The molecule has 1 amide bonds. The summed E-state index contributed by atoms with van der Waals surface area (Å²) in [6.07, 6.45) is 4.55. The molecule has 0 radical (unpaired) electrons. The number of amides is 1. The first kappa shape index (κ1) is 21.1. The lowest BCUT2D eigenvalue weighted by atomic mass is 9.86. The molecule has 3 atom stereocenters. The van der Waals surface area contributed by atoms with Crippen molar-refractivity contribution in [2.75, 3.05) is 14.1 Å². The van der Waals surface area contributed by atoms with Gasteiger partial charge < -0.3 is 9.73 Å². The number of benzene rings is 1. The average Bonchev–Trinajstić information content (AvgIpc) is 3.04. The monoisotopic (exact) mass is 425 g/mol. The Morgan fingerprint density at radius 2 is 2.04 bits per heavy atom. The van der Waals surface area contributed by atoms with Crippen LogP contribution < -0.4 is 5.32 Å². The minimum Gasteiger partial charge on any atom is -0.431 e. The van der Waals surface area contributed by atoms with Gasteiger partial charge in [0.25, 0.3) is 5.22 Å². The Morgan fingerprint density at radius 3 is 2.71 bits per heavy atom. The summed E-state index contributed by atoms with van der Waals surface area (Å²) in [5, 5.41) is 3.15. The Kier molecular flexibility index (Phi) is 6.36. The molecule has 0 spiro atoms. The molecule has 0 bridgehead atoms. The second kappa shape index (κ2) is 8.42. The number of thioether (sulfide) groups is 1. The van der Waals surface area contributed by atoms with Crippen LogP contribution in [0.5, 0.6) is 0 Å². The van der Waals surface area contributed by atoms with Crippen molar-refractivity contribution in [1.29, 1.82) is 0 Å². The summed E-state index contributed by atoms with van der Waals surface area (Å²) in [7, 11) is -0.570. The molecule has 7 nitrogen and oxygen atoms in total. The Morgan fingerprint density at radius 1 is 1.32 bits per heavy atom. The van der Waals surface area contributed by atoms with Crippen LogP contribution in [-0.2, 0) is 14.8 Å².